The van der Waals surface area contributed by atoms with E-state index in [-0.39, 0.29) is 0 Å². The fourth-order valence-electron chi connectivity index (χ4n) is 1.88. The highest BCUT2D eigenvalue weighted by molar-refractivity contribution is 7.10. The molecule has 3 heteroatoms. The number of hydrogen-bond donors (Lipinski definition) is 1. The van der Waals surface area contributed by atoms with Crippen molar-refractivity contribution in [3.05, 3.63) is 21.9 Å². The summed E-state index contributed by atoms with van der Waals surface area (Å²) in [6, 6.07) is 2.64. The molecule has 2 rings (SSSR count). The van der Waals surface area contributed by atoms with Crippen molar-refractivity contribution in [3.63, 3.8) is 0 Å². The standard InChI is InChI=1S/C11H18N2S/c1-9-4-7-14-11(9)8-13-5-2-10(12)3-6-13/h4,7,10H,2-3,5-6,8,12H2,1H3. The molecule has 1 saturated heterocycles. The van der Waals surface area contributed by atoms with Crippen LogP contribution in [0, 0.1) is 6.92 Å². The van der Waals surface area contributed by atoms with E-state index < -0.39 is 0 Å². The molecule has 1 aromatic heterocycles. The van der Waals surface area contributed by atoms with Crippen molar-refractivity contribution in [3.8, 4) is 0 Å². The lowest BCUT2D eigenvalue weighted by molar-refractivity contribution is 0.207. The van der Waals surface area contributed by atoms with Gasteiger partial charge in [-0.3, -0.25) is 4.90 Å². The second-order valence-corrected chi connectivity index (χ2v) is 5.14. The average Bonchev–Trinajstić information content (AvgIpc) is 2.56. The average molecular weight is 210 g/mol. The fourth-order valence-corrected chi connectivity index (χ4v) is 2.83. The number of hydrogen-bond acceptors (Lipinski definition) is 3. The van der Waals surface area contributed by atoms with Crippen LogP contribution >= 0.6 is 11.3 Å². The molecule has 0 amide bonds. The van der Waals surface area contributed by atoms with Crippen molar-refractivity contribution in [1.82, 2.24) is 4.90 Å². The van der Waals surface area contributed by atoms with Gasteiger partial charge in [-0.1, -0.05) is 0 Å². The van der Waals surface area contributed by atoms with Gasteiger partial charge in [-0.15, -0.1) is 11.3 Å². The maximum Gasteiger partial charge on any atom is 0.0330 e. The number of piperidine rings is 1. The van der Waals surface area contributed by atoms with Gasteiger partial charge >= 0.3 is 0 Å². The minimum atomic E-state index is 0.440. The summed E-state index contributed by atoms with van der Waals surface area (Å²) < 4.78 is 0. The fraction of sp³-hybridized carbons (Fsp3) is 0.636. The molecule has 2 nitrogen and oxygen atoms in total. The lowest BCUT2D eigenvalue weighted by atomic mass is 10.1. The predicted molar refractivity (Wildman–Crippen MR) is 61.5 cm³/mol. The number of rotatable bonds is 2. The highest BCUT2D eigenvalue weighted by atomic mass is 32.1. The number of nitrogens with two attached hydrogens (primary N) is 1. The Labute approximate surface area is 89.7 Å². The van der Waals surface area contributed by atoms with E-state index in [0.29, 0.717) is 6.04 Å². The molecule has 0 atom stereocenters. The van der Waals surface area contributed by atoms with E-state index in [0.717, 1.165) is 19.4 Å². The lowest BCUT2D eigenvalue weighted by Gasteiger charge is -2.29. The summed E-state index contributed by atoms with van der Waals surface area (Å²) in [7, 11) is 0. The van der Waals surface area contributed by atoms with E-state index in [1.54, 1.807) is 0 Å². The number of aryl methyl sites for hydroxylation is 1. The van der Waals surface area contributed by atoms with Crippen LogP contribution in [-0.4, -0.2) is 24.0 Å². The predicted octanol–water partition coefficient (Wildman–Crippen LogP) is 1.98. The highest BCUT2D eigenvalue weighted by Crippen LogP contribution is 2.19. The molecule has 0 unspecified atom stereocenters. The van der Waals surface area contributed by atoms with Gasteiger partial charge in [-0.2, -0.15) is 0 Å². The molecule has 0 spiro atoms. The van der Waals surface area contributed by atoms with Gasteiger partial charge < -0.3 is 5.73 Å². The largest absolute Gasteiger partial charge is 0.328 e. The van der Waals surface area contributed by atoms with Gasteiger partial charge in [-0.25, -0.2) is 0 Å². The van der Waals surface area contributed by atoms with Gasteiger partial charge in [0.1, 0.15) is 0 Å². The van der Waals surface area contributed by atoms with Gasteiger partial charge in [0.05, 0.1) is 0 Å². The van der Waals surface area contributed by atoms with E-state index in [4.69, 9.17) is 5.73 Å². The lowest BCUT2D eigenvalue weighted by Crippen LogP contribution is -2.39. The number of nitrogens with zero attached hydrogens (tertiary/aromatic N) is 1. The van der Waals surface area contributed by atoms with E-state index in [9.17, 15) is 0 Å². The second kappa shape index (κ2) is 4.43. The van der Waals surface area contributed by atoms with Crippen LogP contribution in [0.2, 0.25) is 0 Å². The van der Waals surface area contributed by atoms with E-state index in [2.05, 4.69) is 23.3 Å². The van der Waals surface area contributed by atoms with E-state index in [1.165, 1.54) is 23.5 Å². The zero-order valence-corrected chi connectivity index (χ0v) is 9.52. The van der Waals surface area contributed by atoms with Crippen LogP contribution in [0.4, 0.5) is 0 Å². The second-order valence-electron chi connectivity index (χ2n) is 4.14. The zero-order chi connectivity index (χ0) is 9.97. The Morgan fingerprint density at radius 2 is 2.21 bits per heavy atom. The van der Waals surface area contributed by atoms with Crippen molar-refractivity contribution >= 4 is 11.3 Å². The summed E-state index contributed by atoms with van der Waals surface area (Å²) in [5.41, 5.74) is 7.31. The highest BCUT2D eigenvalue weighted by Gasteiger charge is 2.16. The van der Waals surface area contributed by atoms with E-state index in [1.807, 2.05) is 11.3 Å². The SMILES string of the molecule is Cc1ccsc1CN1CCC(N)CC1. The maximum atomic E-state index is 5.88. The first-order valence-corrected chi connectivity index (χ1v) is 6.14. The third-order valence-electron chi connectivity index (χ3n) is 2.97. The molecular weight excluding hydrogens is 192 g/mol. The van der Waals surface area contributed by atoms with Crippen LogP contribution in [0.5, 0.6) is 0 Å². The molecule has 0 bridgehead atoms. The number of likely N-dealkylation sites (tertiary alicyclic amines) is 1. The third kappa shape index (κ3) is 2.35. The summed E-state index contributed by atoms with van der Waals surface area (Å²) in [5, 5.41) is 2.18. The van der Waals surface area contributed by atoms with Crippen molar-refractivity contribution in [2.45, 2.75) is 32.4 Å². The quantitative estimate of drug-likeness (QED) is 0.809. The number of thiophene rings is 1. The van der Waals surface area contributed by atoms with Gasteiger partial charge in [0.15, 0.2) is 0 Å². The molecule has 1 aromatic rings. The molecule has 2 heterocycles. The minimum absolute atomic E-state index is 0.440. The van der Waals surface area contributed by atoms with Gasteiger partial charge in [0, 0.05) is 17.5 Å². The molecule has 0 saturated carbocycles. The third-order valence-corrected chi connectivity index (χ3v) is 3.98. The van der Waals surface area contributed by atoms with Gasteiger partial charge in [0.25, 0.3) is 0 Å². The topological polar surface area (TPSA) is 29.3 Å². The van der Waals surface area contributed by atoms with Crippen molar-refractivity contribution in [2.24, 2.45) is 5.73 Å². The Hall–Kier alpha value is -0.380. The smallest absolute Gasteiger partial charge is 0.0330 e. The van der Waals surface area contributed by atoms with E-state index >= 15 is 0 Å². The molecule has 0 aromatic carbocycles. The molecule has 14 heavy (non-hydrogen) atoms. The monoisotopic (exact) mass is 210 g/mol. The summed E-state index contributed by atoms with van der Waals surface area (Å²) in [5.74, 6) is 0. The molecular formula is C11H18N2S. The van der Waals surface area contributed by atoms with Crippen LogP contribution in [0.25, 0.3) is 0 Å². The Kier molecular flexibility index (Phi) is 3.21. The first-order chi connectivity index (χ1) is 6.75. The first-order valence-electron chi connectivity index (χ1n) is 5.26. The summed E-state index contributed by atoms with van der Waals surface area (Å²) in [6.07, 6.45) is 2.31. The van der Waals surface area contributed by atoms with Crippen LogP contribution in [0.3, 0.4) is 0 Å². The Bertz CT molecular complexity index is 287. The molecule has 0 aliphatic carbocycles. The molecule has 78 valence electrons. The summed E-state index contributed by atoms with van der Waals surface area (Å²) in [4.78, 5) is 4.03. The van der Waals surface area contributed by atoms with Crippen LogP contribution in [0.1, 0.15) is 23.3 Å². The minimum Gasteiger partial charge on any atom is -0.328 e. The van der Waals surface area contributed by atoms with Crippen molar-refractivity contribution in [1.29, 1.82) is 0 Å². The molecule has 1 fully saturated rings. The van der Waals surface area contributed by atoms with Gasteiger partial charge in [0.2, 0.25) is 0 Å². The zero-order valence-electron chi connectivity index (χ0n) is 8.70. The molecule has 2 N–H and O–H groups in total. The van der Waals surface area contributed by atoms with Crippen LogP contribution in [-0.2, 0) is 6.54 Å². The van der Waals surface area contributed by atoms with Crippen LogP contribution < -0.4 is 5.73 Å². The van der Waals surface area contributed by atoms with Crippen molar-refractivity contribution in [2.75, 3.05) is 13.1 Å². The molecule has 1 aliphatic heterocycles. The maximum absolute atomic E-state index is 5.88. The van der Waals surface area contributed by atoms with Crippen LogP contribution in [0.15, 0.2) is 11.4 Å². The summed E-state index contributed by atoms with van der Waals surface area (Å²) in [6.45, 7) is 5.65. The van der Waals surface area contributed by atoms with Crippen molar-refractivity contribution < 1.29 is 0 Å². The Morgan fingerprint density at radius 1 is 1.50 bits per heavy atom. The molecule has 0 radical (unpaired) electrons. The first kappa shape index (κ1) is 10.1. The summed E-state index contributed by atoms with van der Waals surface area (Å²) >= 11 is 1.87. The Morgan fingerprint density at radius 3 is 2.79 bits per heavy atom. The Balaban J connectivity index is 1.89. The normalized spacial score (nSPS) is 20.1. The molecule has 1 aliphatic rings. The van der Waals surface area contributed by atoms with Gasteiger partial charge in [-0.05, 0) is 49.9 Å².